The predicted molar refractivity (Wildman–Crippen MR) is 127 cm³/mol. The Hall–Kier alpha value is -2.82. The quantitative estimate of drug-likeness (QED) is 0.673. The molecule has 0 spiro atoms. The normalized spacial score (nSPS) is 27.3. The van der Waals surface area contributed by atoms with Crippen molar-refractivity contribution in [2.45, 2.75) is 51.7 Å². The lowest BCUT2D eigenvalue weighted by atomic mass is 9.63. The van der Waals surface area contributed by atoms with Crippen molar-refractivity contribution in [2.75, 3.05) is 0 Å². The summed E-state index contributed by atoms with van der Waals surface area (Å²) < 4.78 is 0. The Morgan fingerprint density at radius 1 is 0.688 bits per heavy atom. The van der Waals surface area contributed by atoms with Gasteiger partial charge in [0.25, 0.3) is 0 Å². The average Bonchev–Trinajstić information content (AvgIpc) is 2.76. The third-order valence-electron chi connectivity index (χ3n) is 7.14. The second kappa shape index (κ2) is 7.95. The first kappa shape index (κ1) is 23.8. The molecule has 2 aliphatic rings. The molecule has 0 fully saturated rings. The Balaban J connectivity index is 0.000000181. The van der Waals surface area contributed by atoms with Crippen LogP contribution in [0.3, 0.4) is 0 Å². The standard InChI is InChI=1S/2C14H16O2/c2*1-4-14(16)12(15)11-8-6-5-7-10(11)9-13(14,2)3/h2*4-8,16H,1,9H2,2-3H3/t2*14-/m11/s1. The van der Waals surface area contributed by atoms with Gasteiger partial charge in [-0.2, -0.15) is 0 Å². The van der Waals surface area contributed by atoms with E-state index in [0.29, 0.717) is 24.0 Å². The molecule has 2 atom stereocenters. The van der Waals surface area contributed by atoms with E-state index in [2.05, 4.69) is 13.2 Å². The molecule has 0 amide bonds. The zero-order chi connectivity index (χ0) is 23.9. The minimum absolute atomic E-state index is 0.241. The van der Waals surface area contributed by atoms with E-state index in [0.717, 1.165) is 11.1 Å². The Morgan fingerprint density at radius 3 is 1.31 bits per heavy atom. The number of aliphatic hydroxyl groups is 2. The topological polar surface area (TPSA) is 74.6 Å². The molecule has 2 N–H and O–H groups in total. The van der Waals surface area contributed by atoms with E-state index in [1.807, 2.05) is 64.1 Å². The third kappa shape index (κ3) is 3.48. The van der Waals surface area contributed by atoms with Gasteiger partial charge >= 0.3 is 0 Å². The molecule has 0 saturated carbocycles. The lowest BCUT2D eigenvalue weighted by Crippen LogP contribution is -2.54. The minimum atomic E-state index is -1.46. The number of hydrogen-bond donors (Lipinski definition) is 2. The first-order valence-corrected chi connectivity index (χ1v) is 10.8. The minimum Gasteiger partial charge on any atom is -0.377 e. The molecule has 0 unspecified atom stereocenters. The van der Waals surface area contributed by atoms with Crippen LogP contribution in [-0.4, -0.2) is 33.0 Å². The van der Waals surface area contributed by atoms with Crippen LogP contribution in [-0.2, 0) is 12.8 Å². The fourth-order valence-corrected chi connectivity index (χ4v) is 4.78. The van der Waals surface area contributed by atoms with Crippen molar-refractivity contribution >= 4 is 11.6 Å². The third-order valence-corrected chi connectivity index (χ3v) is 7.14. The summed E-state index contributed by atoms with van der Waals surface area (Å²) in [5.74, 6) is -0.483. The van der Waals surface area contributed by atoms with Crippen molar-refractivity contribution in [3.63, 3.8) is 0 Å². The highest BCUT2D eigenvalue weighted by Gasteiger charge is 2.52. The number of ketones is 2. The number of fused-ring (bicyclic) bond motifs is 2. The van der Waals surface area contributed by atoms with E-state index < -0.39 is 22.0 Å². The second-order valence-corrected chi connectivity index (χ2v) is 10.0. The summed E-state index contributed by atoms with van der Waals surface area (Å²) in [7, 11) is 0. The van der Waals surface area contributed by atoms with Crippen LogP contribution in [0, 0.1) is 10.8 Å². The molecule has 0 bridgehead atoms. The Morgan fingerprint density at radius 2 is 1.00 bits per heavy atom. The maximum absolute atomic E-state index is 12.3. The average molecular weight is 433 g/mol. The highest BCUT2D eigenvalue weighted by Crippen LogP contribution is 2.44. The summed E-state index contributed by atoms with van der Waals surface area (Å²) in [6, 6.07) is 14.9. The summed E-state index contributed by atoms with van der Waals surface area (Å²) in [6.45, 7) is 14.8. The van der Waals surface area contributed by atoms with E-state index in [9.17, 15) is 19.8 Å². The molecule has 4 rings (SSSR count). The first-order valence-electron chi connectivity index (χ1n) is 10.8. The van der Waals surface area contributed by atoms with E-state index in [1.54, 1.807) is 12.1 Å². The van der Waals surface area contributed by atoms with Crippen LogP contribution in [0.2, 0.25) is 0 Å². The van der Waals surface area contributed by atoms with Gasteiger partial charge in [-0.05, 0) is 24.0 Å². The van der Waals surface area contributed by atoms with Crippen LogP contribution in [0.4, 0.5) is 0 Å². The summed E-state index contributed by atoms with van der Waals surface area (Å²) >= 11 is 0. The molecule has 2 aromatic rings. The van der Waals surface area contributed by atoms with Crippen molar-refractivity contribution in [1.82, 2.24) is 0 Å². The molecule has 2 aliphatic carbocycles. The molecular formula is C28H32O4. The molecule has 0 saturated heterocycles. The second-order valence-electron chi connectivity index (χ2n) is 10.0. The maximum atomic E-state index is 12.3. The first-order chi connectivity index (χ1) is 14.8. The van der Waals surface area contributed by atoms with Gasteiger partial charge in [-0.25, -0.2) is 0 Å². The molecule has 4 heteroatoms. The fourth-order valence-electron chi connectivity index (χ4n) is 4.78. The predicted octanol–water partition coefficient (Wildman–Crippen LogP) is 4.74. The number of rotatable bonds is 2. The van der Waals surface area contributed by atoms with Gasteiger partial charge in [0.1, 0.15) is 0 Å². The molecule has 0 radical (unpaired) electrons. The summed E-state index contributed by atoms with van der Waals surface area (Å²) in [5.41, 5.74) is -0.704. The fraction of sp³-hybridized carbons (Fsp3) is 0.357. The van der Waals surface area contributed by atoms with Crippen LogP contribution in [0.5, 0.6) is 0 Å². The monoisotopic (exact) mass is 432 g/mol. The van der Waals surface area contributed by atoms with E-state index in [1.165, 1.54) is 12.2 Å². The molecule has 168 valence electrons. The van der Waals surface area contributed by atoms with Gasteiger partial charge < -0.3 is 10.2 Å². The molecule has 0 aliphatic heterocycles. The van der Waals surface area contributed by atoms with Gasteiger partial charge in [0, 0.05) is 22.0 Å². The van der Waals surface area contributed by atoms with Crippen molar-refractivity contribution in [1.29, 1.82) is 0 Å². The smallest absolute Gasteiger partial charge is 0.199 e. The van der Waals surface area contributed by atoms with E-state index >= 15 is 0 Å². The molecule has 0 aromatic heterocycles. The van der Waals surface area contributed by atoms with Crippen LogP contribution < -0.4 is 0 Å². The van der Waals surface area contributed by atoms with Crippen molar-refractivity contribution in [2.24, 2.45) is 10.8 Å². The number of carbonyl (C=O) groups is 2. The number of benzene rings is 2. The Bertz CT molecular complexity index is 1010. The lowest BCUT2D eigenvalue weighted by molar-refractivity contribution is -0.0124. The zero-order valence-corrected chi connectivity index (χ0v) is 19.3. The molecule has 0 heterocycles. The van der Waals surface area contributed by atoms with Gasteiger partial charge in [-0.1, -0.05) is 102 Å². The van der Waals surface area contributed by atoms with E-state index in [4.69, 9.17) is 0 Å². The van der Waals surface area contributed by atoms with Gasteiger partial charge in [-0.3, -0.25) is 9.59 Å². The Labute approximate surface area is 190 Å². The maximum Gasteiger partial charge on any atom is 0.199 e. The SMILES string of the molecule is C=C[C@@]1(O)C(=O)c2ccccc2CC1(C)C.C=C[C@@]1(O)C(=O)c2ccccc2CC1(C)C. The number of hydrogen-bond acceptors (Lipinski definition) is 4. The number of carbonyl (C=O) groups excluding carboxylic acids is 2. The zero-order valence-electron chi connectivity index (χ0n) is 19.3. The van der Waals surface area contributed by atoms with Crippen molar-refractivity contribution in [3.8, 4) is 0 Å². The largest absolute Gasteiger partial charge is 0.377 e. The molecule has 32 heavy (non-hydrogen) atoms. The van der Waals surface area contributed by atoms with Crippen LogP contribution in [0.25, 0.3) is 0 Å². The Kier molecular flexibility index (Phi) is 5.92. The summed E-state index contributed by atoms with van der Waals surface area (Å²) in [4.78, 5) is 24.5. The van der Waals surface area contributed by atoms with Crippen LogP contribution in [0.15, 0.2) is 73.8 Å². The summed E-state index contributed by atoms with van der Waals surface area (Å²) in [5, 5.41) is 20.9. The molecule has 4 nitrogen and oxygen atoms in total. The molecule has 2 aromatic carbocycles. The van der Waals surface area contributed by atoms with Crippen LogP contribution in [0.1, 0.15) is 59.5 Å². The van der Waals surface area contributed by atoms with Gasteiger partial charge in [0.15, 0.2) is 22.8 Å². The van der Waals surface area contributed by atoms with Gasteiger partial charge in [0.05, 0.1) is 0 Å². The van der Waals surface area contributed by atoms with Crippen molar-refractivity contribution < 1.29 is 19.8 Å². The van der Waals surface area contributed by atoms with Crippen LogP contribution >= 0.6 is 0 Å². The lowest BCUT2D eigenvalue weighted by Gasteiger charge is -2.43. The highest BCUT2D eigenvalue weighted by atomic mass is 16.3. The molecular weight excluding hydrogens is 400 g/mol. The van der Waals surface area contributed by atoms with Gasteiger partial charge in [0.2, 0.25) is 0 Å². The van der Waals surface area contributed by atoms with Gasteiger partial charge in [-0.15, -0.1) is 0 Å². The summed E-state index contributed by atoms with van der Waals surface area (Å²) in [6.07, 6.45) is 4.09. The van der Waals surface area contributed by atoms with Crippen molar-refractivity contribution in [3.05, 3.63) is 96.1 Å². The number of Topliss-reactive ketones (excluding diaryl/α,β-unsaturated/α-hetero) is 2. The van der Waals surface area contributed by atoms with E-state index in [-0.39, 0.29) is 11.6 Å². The highest BCUT2D eigenvalue weighted by molar-refractivity contribution is 6.07.